The van der Waals surface area contributed by atoms with Gasteiger partial charge in [0.1, 0.15) is 0 Å². The second-order valence-electron chi connectivity index (χ2n) is 8.21. The lowest BCUT2D eigenvalue weighted by molar-refractivity contribution is 0.208. The fourth-order valence-electron chi connectivity index (χ4n) is 4.17. The predicted octanol–water partition coefficient (Wildman–Crippen LogP) is 4.45. The van der Waals surface area contributed by atoms with E-state index in [1.165, 1.54) is 0 Å². The monoisotopic (exact) mass is 473 g/mol. The Kier molecular flexibility index (Phi) is 6.18. The fourth-order valence-corrected chi connectivity index (χ4v) is 4.29. The molecule has 0 spiro atoms. The maximum absolute atomic E-state index is 13.5. The molecule has 2 amide bonds. The standard InChI is InChI=1S/C26H24ClN5O2/c27-20-10-12-21(13-11-20)28-26(34)31-16-14-30(15-17-31)24-25(33)32(18-19-6-2-1-3-7-19)23-9-5-4-8-22(23)29-24/h1-13H,14-18H2,(H,28,34). The molecule has 0 saturated carbocycles. The lowest BCUT2D eigenvalue weighted by Gasteiger charge is -2.35. The minimum Gasteiger partial charge on any atom is -0.348 e. The van der Waals surface area contributed by atoms with Crippen LogP contribution in [0, 0.1) is 0 Å². The first-order valence-corrected chi connectivity index (χ1v) is 11.6. The Bertz CT molecular complexity index is 1360. The van der Waals surface area contributed by atoms with Crippen molar-refractivity contribution in [2.24, 2.45) is 0 Å². The van der Waals surface area contributed by atoms with Gasteiger partial charge in [0.25, 0.3) is 5.56 Å². The Balaban J connectivity index is 1.36. The molecule has 1 N–H and O–H groups in total. The number of hydrogen-bond donors (Lipinski definition) is 1. The van der Waals surface area contributed by atoms with Crippen molar-refractivity contribution >= 4 is 40.2 Å². The number of nitrogens with zero attached hydrogens (tertiary/aromatic N) is 4. The number of aromatic nitrogens is 2. The van der Waals surface area contributed by atoms with Gasteiger partial charge in [-0.15, -0.1) is 0 Å². The Morgan fingerprint density at radius 1 is 0.882 bits per heavy atom. The Hall–Kier alpha value is -3.84. The number of carbonyl (C=O) groups excluding carboxylic acids is 1. The van der Waals surface area contributed by atoms with Crippen LogP contribution in [0.3, 0.4) is 0 Å². The summed E-state index contributed by atoms with van der Waals surface area (Å²) in [5.74, 6) is 0.424. The Morgan fingerprint density at radius 3 is 2.29 bits per heavy atom. The molecule has 1 saturated heterocycles. The summed E-state index contributed by atoms with van der Waals surface area (Å²) in [5.41, 5.74) is 3.20. The molecule has 0 bridgehead atoms. The van der Waals surface area contributed by atoms with Crippen LogP contribution < -0.4 is 15.8 Å². The first-order valence-electron chi connectivity index (χ1n) is 11.2. The molecular weight excluding hydrogens is 450 g/mol. The van der Waals surface area contributed by atoms with Crippen molar-refractivity contribution in [2.45, 2.75) is 6.54 Å². The van der Waals surface area contributed by atoms with Crippen molar-refractivity contribution < 1.29 is 4.79 Å². The zero-order valence-electron chi connectivity index (χ0n) is 18.5. The fraction of sp³-hybridized carbons (Fsp3) is 0.192. The van der Waals surface area contributed by atoms with Crippen LogP contribution in [0.1, 0.15) is 5.56 Å². The van der Waals surface area contributed by atoms with Gasteiger partial charge in [0, 0.05) is 36.9 Å². The number of rotatable bonds is 4. The summed E-state index contributed by atoms with van der Waals surface area (Å²) in [6.07, 6.45) is 0. The molecule has 4 aromatic rings. The van der Waals surface area contributed by atoms with E-state index >= 15 is 0 Å². The van der Waals surface area contributed by atoms with E-state index in [0.717, 1.165) is 16.6 Å². The number of nitrogens with one attached hydrogen (secondary N) is 1. The summed E-state index contributed by atoms with van der Waals surface area (Å²) in [6.45, 7) is 2.51. The van der Waals surface area contributed by atoms with Crippen LogP contribution in [0.15, 0.2) is 83.7 Å². The topological polar surface area (TPSA) is 70.5 Å². The molecule has 2 heterocycles. The zero-order chi connectivity index (χ0) is 23.5. The van der Waals surface area contributed by atoms with E-state index in [1.807, 2.05) is 59.5 Å². The lowest BCUT2D eigenvalue weighted by atomic mass is 10.2. The van der Waals surface area contributed by atoms with Crippen molar-refractivity contribution in [1.29, 1.82) is 0 Å². The van der Waals surface area contributed by atoms with Crippen molar-refractivity contribution in [3.8, 4) is 0 Å². The average Bonchev–Trinajstić information content (AvgIpc) is 2.87. The highest BCUT2D eigenvalue weighted by molar-refractivity contribution is 6.30. The van der Waals surface area contributed by atoms with Gasteiger partial charge in [-0.25, -0.2) is 9.78 Å². The summed E-state index contributed by atoms with van der Waals surface area (Å²) in [5, 5.41) is 3.51. The first kappa shape index (κ1) is 22.0. The van der Waals surface area contributed by atoms with E-state index in [0.29, 0.717) is 49.3 Å². The van der Waals surface area contributed by atoms with Crippen LogP contribution in [0.2, 0.25) is 5.02 Å². The van der Waals surface area contributed by atoms with E-state index in [4.69, 9.17) is 16.6 Å². The van der Waals surface area contributed by atoms with Gasteiger partial charge in [0.15, 0.2) is 5.82 Å². The highest BCUT2D eigenvalue weighted by Gasteiger charge is 2.25. The van der Waals surface area contributed by atoms with Gasteiger partial charge in [-0.3, -0.25) is 9.36 Å². The number of halogens is 1. The number of hydrogen-bond acceptors (Lipinski definition) is 4. The summed E-state index contributed by atoms with van der Waals surface area (Å²) in [4.78, 5) is 34.6. The maximum atomic E-state index is 13.5. The SMILES string of the molecule is O=C(Nc1ccc(Cl)cc1)N1CCN(c2nc3ccccc3n(Cc3ccccc3)c2=O)CC1. The van der Waals surface area contributed by atoms with E-state index in [9.17, 15) is 9.59 Å². The molecule has 172 valence electrons. The number of anilines is 2. The Morgan fingerprint density at radius 2 is 1.56 bits per heavy atom. The average molecular weight is 474 g/mol. The van der Waals surface area contributed by atoms with Crippen molar-refractivity contribution in [2.75, 3.05) is 36.4 Å². The highest BCUT2D eigenvalue weighted by Crippen LogP contribution is 2.18. The molecule has 1 fully saturated rings. The second-order valence-corrected chi connectivity index (χ2v) is 8.65. The Labute approximate surface area is 202 Å². The van der Waals surface area contributed by atoms with Gasteiger partial charge in [0.05, 0.1) is 17.6 Å². The van der Waals surface area contributed by atoms with Gasteiger partial charge in [0.2, 0.25) is 0 Å². The highest BCUT2D eigenvalue weighted by atomic mass is 35.5. The largest absolute Gasteiger partial charge is 0.348 e. The number of fused-ring (bicyclic) bond motifs is 1. The number of benzene rings is 3. The molecule has 1 aliphatic rings. The van der Waals surface area contributed by atoms with E-state index < -0.39 is 0 Å². The summed E-state index contributed by atoms with van der Waals surface area (Å²) < 4.78 is 1.78. The minimum absolute atomic E-state index is 0.124. The van der Waals surface area contributed by atoms with E-state index in [2.05, 4.69) is 5.32 Å². The van der Waals surface area contributed by atoms with Crippen LogP contribution in [0.25, 0.3) is 11.0 Å². The molecule has 34 heavy (non-hydrogen) atoms. The molecule has 0 unspecified atom stereocenters. The molecule has 0 radical (unpaired) electrons. The van der Waals surface area contributed by atoms with Gasteiger partial charge < -0.3 is 15.1 Å². The number of para-hydroxylation sites is 2. The third-order valence-electron chi connectivity index (χ3n) is 5.98. The van der Waals surface area contributed by atoms with E-state index in [-0.39, 0.29) is 11.6 Å². The van der Waals surface area contributed by atoms with Crippen LogP contribution in [0.5, 0.6) is 0 Å². The van der Waals surface area contributed by atoms with E-state index in [1.54, 1.807) is 33.7 Å². The smallest absolute Gasteiger partial charge is 0.321 e. The summed E-state index contributed by atoms with van der Waals surface area (Å²) in [6, 6.07) is 24.5. The van der Waals surface area contributed by atoms with Crippen molar-refractivity contribution in [3.05, 3.63) is 99.8 Å². The lowest BCUT2D eigenvalue weighted by Crippen LogP contribution is -2.51. The predicted molar refractivity (Wildman–Crippen MR) is 136 cm³/mol. The first-order chi connectivity index (χ1) is 16.6. The van der Waals surface area contributed by atoms with Crippen LogP contribution >= 0.6 is 11.6 Å². The molecule has 7 nitrogen and oxygen atoms in total. The molecule has 0 aliphatic carbocycles. The van der Waals surface area contributed by atoms with Crippen LogP contribution in [-0.4, -0.2) is 46.7 Å². The van der Waals surface area contributed by atoms with Gasteiger partial charge in [-0.2, -0.15) is 0 Å². The van der Waals surface area contributed by atoms with Gasteiger partial charge in [-0.05, 0) is 42.0 Å². The number of amides is 2. The molecule has 1 aromatic heterocycles. The summed E-state index contributed by atoms with van der Waals surface area (Å²) >= 11 is 5.91. The second kappa shape index (κ2) is 9.57. The quantitative estimate of drug-likeness (QED) is 0.475. The third-order valence-corrected chi connectivity index (χ3v) is 6.23. The van der Waals surface area contributed by atoms with Gasteiger partial charge in [-0.1, -0.05) is 54.1 Å². The van der Waals surface area contributed by atoms with Crippen LogP contribution in [-0.2, 0) is 6.54 Å². The maximum Gasteiger partial charge on any atom is 0.321 e. The van der Waals surface area contributed by atoms with Crippen LogP contribution in [0.4, 0.5) is 16.3 Å². The number of piperazine rings is 1. The molecule has 3 aromatic carbocycles. The minimum atomic E-state index is -0.171. The third kappa shape index (κ3) is 4.61. The normalized spacial score (nSPS) is 13.8. The number of carbonyl (C=O) groups is 1. The zero-order valence-corrected chi connectivity index (χ0v) is 19.3. The van der Waals surface area contributed by atoms with Crippen molar-refractivity contribution in [1.82, 2.24) is 14.5 Å². The molecule has 0 atom stereocenters. The summed E-state index contributed by atoms with van der Waals surface area (Å²) in [7, 11) is 0. The molecular formula is C26H24ClN5O2. The van der Waals surface area contributed by atoms with Gasteiger partial charge >= 0.3 is 6.03 Å². The molecule has 5 rings (SSSR count). The molecule has 1 aliphatic heterocycles. The van der Waals surface area contributed by atoms with Crippen molar-refractivity contribution in [3.63, 3.8) is 0 Å². The number of urea groups is 1. The molecule has 8 heteroatoms.